The minimum absolute atomic E-state index is 0.168. The van der Waals surface area contributed by atoms with Gasteiger partial charge in [-0.1, -0.05) is 48.5 Å². The minimum atomic E-state index is -2.84. The summed E-state index contributed by atoms with van der Waals surface area (Å²) in [6, 6.07) is 13.4. The van der Waals surface area contributed by atoms with Crippen LogP contribution in [0.2, 0.25) is 0 Å². The molecule has 0 spiro atoms. The second-order valence-corrected chi connectivity index (χ2v) is 6.31. The average molecular weight is 362 g/mol. The quantitative estimate of drug-likeness (QED) is 0.785. The summed E-state index contributed by atoms with van der Waals surface area (Å²) in [5.74, 6) is -0.150. The van der Waals surface area contributed by atoms with Gasteiger partial charge in [-0.05, 0) is 19.4 Å². The van der Waals surface area contributed by atoms with E-state index in [1.807, 2.05) is 42.3 Å². The van der Waals surface area contributed by atoms with Gasteiger partial charge in [0.05, 0.1) is 24.4 Å². The van der Waals surface area contributed by atoms with Gasteiger partial charge in [0.25, 0.3) is 6.43 Å². The molecule has 0 saturated heterocycles. The molecule has 26 heavy (non-hydrogen) atoms. The van der Waals surface area contributed by atoms with Crippen LogP contribution in [-0.4, -0.2) is 11.6 Å². The molecule has 0 saturated carbocycles. The number of allylic oxidation sites excluding steroid dienone is 1. The van der Waals surface area contributed by atoms with E-state index in [1.54, 1.807) is 13.1 Å². The number of benzene rings is 2. The number of nitrogens with one attached hydrogen (secondary N) is 1. The first-order valence-electron chi connectivity index (χ1n) is 8.45. The standard InChI is InChI=1S/C20H21F3N2O/c1-13-11-25(12-18(26-13)15-7-4-3-5-8-15)24-14(2)16-9-6-10-17(19(16)21)20(22)23/h3-11,14,18,20,24H,12H2,1-2H3/t14?,18-/m0/s1. The normalized spacial score (nSPS) is 18.5. The second-order valence-electron chi connectivity index (χ2n) is 6.31. The predicted molar refractivity (Wildman–Crippen MR) is 93.6 cm³/mol. The molecule has 2 aromatic carbocycles. The molecule has 2 atom stereocenters. The third-order valence-corrected chi connectivity index (χ3v) is 4.32. The Morgan fingerprint density at radius 1 is 1.08 bits per heavy atom. The van der Waals surface area contributed by atoms with Crippen molar-refractivity contribution in [3.8, 4) is 0 Å². The van der Waals surface area contributed by atoms with Crippen LogP contribution in [0.15, 0.2) is 60.5 Å². The number of ether oxygens (including phenoxy) is 1. The number of hydrogen-bond donors (Lipinski definition) is 1. The molecule has 6 heteroatoms. The molecule has 0 fully saturated rings. The molecule has 1 heterocycles. The van der Waals surface area contributed by atoms with Gasteiger partial charge in [-0.15, -0.1) is 0 Å². The van der Waals surface area contributed by atoms with Gasteiger partial charge < -0.3 is 9.75 Å². The molecule has 2 aromatic rings. The summed E-state index contributed by atoms with van der Waals surface area (Å²) in [5, 5.41) is 1.82. The zero-order valence-corrected chi connectivity index (χ0v) is 14.6. The van der Waals surface area contributed by atoms with Crippen molar-refractivity contribution >= 4 is 0 Å². The molecule has 138 valence electrons. The summed E-state index contributed by atoms with van der Waals surface area (Å²) in [7, 11) is 0. The van der Waals surface area contributed by atoms with E-state index in [9.17, 15) is 13.2 Å². The molecule has 0 aliphatic carbocycles. The predicted octanol–water partition coefficient (Wildman–Crippen LogP) is 5.26. The van der Waals surface area contributed by atoms with Crippen molar-refractivity contribution in [3.63, 3.8) is 0 Å². The first-order valence-corrected chi connectivity index (χ1v) is 8.45. The number of hydrogen-bond acceptors (Lipinski definition) is 3. The average Bonchev–Trinajstić information content (AvgIpc) is 2.61. The number of rotatable bonds is 5. The summed E-state index contributed by atoms with van der Waals surface area (Å²) < 4.78 is 46.1. The molecule has 0 aromatic heterocycles. The molecule has 1 aliphatic heterocycles. The maximum atomic E-state index is 14.4. The Kier molecular flexibility index (Phi) is 5.52. The summed E-state index contributed by atoms with van der Waals surface area (Å²) in [6.07, 6.45) is -1.22. The van der Waals surface area contributed by atoms with Crippen LogP contribution in [0.5, 0.6) is 0 Å². The fourth-order valence-electron chi connectivity index (χ4n) is 3.06. The highest BCUT2D eigenvalue weighted by molar-refractivity contribution is 5.29. The zero-order valence-electron chi connectivity index (χ0n) is 14.6. The van der Waals surface area contributed by atoms with Crippen molar-refractivity contribution in [2.75, 3.05) is 6.54 Å². The van der Waals surface area contributed by atoms with E-state index in [4.69, 9.17) is 4.74 Å². The van der Waals surface area contributed by atoms with Crippen molar-refractivity contribution in [1.82, 2.24) is 10.4 Å². The highest BCUT2D eigenvalue weighted by Crippen LogP contribution is 2.29. The minimum Gasteiger partial charge on any atom is -0.487 e. The molecule has 1 N–H and O–H groups in total. The Morgan fingerprint density at radius 2 is 1.77 bits per heavy atom. The van der Waals surface area contributed by atoms with Crippen LogP contribution in [0.4, 0.5) is 13.2 Å². The van der Waals surface area contributed by atoms with Crippen LogP contribution < -0.4 is 5.43 Å². The monoisotopic (exact) mass is 362 g/mol. The number of hydrazine groups is 1. The van der Waals surface area contributed by atoms with Crippen LogP contribution in [-0.2, 0) is 4.74 Å². The molecule has 0 bridgehead atoms. The van der Waals surface area contributed by atoms with Gasteiger partial charge in [0.2, 0.25) is 0 Å². The lowest BCUT2D eigenvalue weighted by Crippen LogP contribution is -2.41. The van der Waals surface area contributed by atoms with Crippen LogP contribution in [0.1, 0.15) is 49.1 Å². The lowest BCUT2D eigenvalue weighted by Gasteiger charge is -2.35. The molecule has 0 radical (unpaired) electrons. The van der Waals surface area contributed by atoms with E-state index in [0.29, 0.717) is 12.3 Å². The lowest BCUT2D eigenvalue weighted by atomic mass is 10.0. The Hall–Kier alpha value is -2.47. The third-order valence-electron chi connectivity index (χ3n) is 4.32. The molecule has 0 amide bonds. The van der Waals surface area contributed by atoms with Crippen LogP contribution in [0.3, 0.4) is 0 Å². The van der Waals surface area contributed by atoms with Crippen molar-refractivity contribution < 1.29 is 17.9 Å². The largest absolute Gasteiger partial charge is 0.487 e. The Morgan fingerprint density at radius 3 is 2.46 bits per heavy atom. The first kappa shape index (κ1) is 18.3. The van der Waals surface area contributed by atoms with Crippen molar-refractivity contribution in [1.29, 1.82) is 0 Å². The fraction of sp³-hybridized carbons (Fsp3) is 0.300. The summed E-state index contributed by atoms with van der Waals surface area (Å²) in [5.41, 5.74) is 3.83. The van der Waals surface area contributed by atoms with Crippen LogP contribution in [0.25, 0.3) is 0 Å². The zero-order chi connectivity index (χ0) is 18.7. The van der Waals surface area contributed by atoms with Crippen molar-refractivity contribution in [3.05, 3.63) is 83.0 Å². The second kappa shape index (κ2) is 7.83. The molecule has 1 unspecified atom stereocenters. The molecule has 3 rings (SSSR count). The number of alkyl halides is 2. The summed E-state index contributed by atoms with van der Waals surface area (Å²) >= 11 is 0. The Bertz CT molecular complexity index is 780. The highest BCUT2D eigenvalue weighted by atomic mass is 19.3. The Balaban J connectivity index is 1.76. The smallest absolute Gasteiger partial charge is 0.266 e. The number of halogens is 3. The summed E-state index contributed by atoms with van der Waals surface area (Å²) in [6.45, 7) is 4.10. The van der Waals surface area contributed by atoms with Gasteiger partial charge in [-0.25, -0.2) is 18.6 Å². The first-order chi connectivity index (χ1) is 12.5. The van der Waals surface area contributed by atoms with Gasteiger partial charge >= 0.3 is 0 Å². The van der Waals surface area contributed by atoms with Crippen molar-refractivity contribution in [2.24, 2.45) is 0 Å². The molecule has 1 aliphatic rings. The van der Waals surface area contributed by atoms with E-state index >= 15 is 0 Å². The molecule has 3 nitrogen and oxygen atoms in total. The van der Waals surface area contributed by atoms with Gasteiger partial charge in [0, 0.05) is 5.56 Å². The topological polar surface area (TPSA) is 24.5 Å². The van der Waals surface area contributed by atoms with Crippen LogP contribution in [0, 0.1) is 5.82 Å². The van der Waals surface area contributed by atoms with Gasteiger partial charge in [0.15, 0.2) is 0 Å². The van der Waals surface area contributed by atoms with Gasteiger partial charge in [-0.3, -0.25) is 0 Å². The SMILES string of the molecule is CC1=CN(NC(C)c2cccc(C(F)F)c2F)C[C@@H](c2ccccc2)O1. The van der Waals surface area contributed by atoms with E-state index < -0.39 is 23.8 Å². The maximum absolute atomic E-state index is 14.4. The van der Waals surface area contributed by atoms with E-state index in [-0.39, 0.29) is 11.7 Å². The highest BCUT2D eigenvalue weighted by Gasteiger charge is 2.24. The van der Waals surface area contributed by atoms with E-state index in [0.717, 1.165) is 11.6 Å². The number of nitrogens with zero attached hydrogens (tertiary/aromatic N) is 1. The molecular weight excluding hydrogens is 341 g/mol. The van der Waals surface area contributed by atoms with Gasteiger partial charge in [0.1, 0.15) is 17.7 Å². The maximum Gasteiger partial charge on any atom is 0.266 e. The van der Waals surface area contributed by atoms with E-state index in [2.05, 4.69) is 5.43 Å². The lowest BCUT2D eigenvalue weighted by molar-refractivity contribution is 0.0363. The van der Waals surface area contributed by atoms with E-state index in [1.165, 1.54) is 12.1 Å². The fourth-order valence-corrected chi connectivity index (χ4v) is 3.06. The summed E-state index contributed by atoms with van der Waals surface area (Å²) in [4.78, 5) is 0. The van der Waals surface area contributed by atoms with Crippen LogP contribution >= 0.6 is 0 Å². The Labute approximate surface area is 151 Å². The van der Waals surface area contributed by atoms with Gasteiger partial charge in [-0.2, -0.15) is 0 Å². The van der Waals surface area contributed by atoms with Crippen molar-refractivity contribution in [2.45, 2.75) is 32.4 Å². The third kappa shape index (κ3) is 4.02. The molecular formula is C20H21F3N2O.